The van der Waals surface area contributed by atoms with Gasteiger partial charge in [0.15, 0.2) is 9.84 Å². The number of alkyl halides is 3. The van der Waals surface area contributed by atoms with Crippen LogP contribution in [0.5, 0.6) is 0 Å². The number of hydrogen-bond donors (Lipinski definition) is 2. The van der Waals surface area contributed by atoms with E-state index in [0.717, 1.165) is 29.7 Å². The van der Waals surface area contributed by atoms with Gasteiger partial charge in [-0.2, -0.15) is 13.2 Å². The van der Waals surface area contributed by atoms with Gasteiger partial charge in [-0.3, -0.25) is 9.69 Å². The van der Waals surface area contributed by atoms with Crippen LogP contribution in [-0.4, -0.2) is 50.3 Å². The summed E-state index contributed by atoms with van der Waals surface area (Å²) in [6.07, 6.45) is -3.62. The molecule has 0 aliphatic carbocycles. The van der Waals surface area contributed by atoms with Gasteiger partial charge in [-0.1, -0.05) is 43.3 Å². The van der Waals surface area contributed by atoms with Gasteiger partial charge in [0.2, 0.25) is 0 Å². The summed E-state index contributed by atoms with van der Waals surface area (Å²) in [5, 5.41) is 12.6. The molecule has 0 spiro atoms. The molecule has 0 radical (unpaired) electrons. The molecule has 1 amide bonds. The lowest BCUT2D eigenvalue weighted by atomic mass is 9.93. The fourth-order valence-electron chi connectivity index (χ4n) is 4.98. The number of nitrogens with zero attached hydrogens (tertiary/aromatic N) is 1. The highest BCUT2D eigenvalue weighted by Crippen LogP contribution is 2.40. The smallest absolute Gasteiger partial charge is 0.394 e. The van der Waals surface area contributed by atoms with Crippen LogP contribution in [0.4, 0.5) is 13.2 Å². The van der Waals surface area contributed by atoms with Gasteiger partial charge >= 0.3 is 6.18 Å². The SMILES string of the molecule is CCS(=O)(=O)c1ccc([C@H](CO)NC(=O)c2ccc(C3CC(c4ccc(C(F)(F)F)cc4)CN3C)cc2)cc1. The molecule has 10 heteroatoms. The first kappa shape index (κ1) is 28.8. The van der Waals surface area contributed by atoms with Crippen molar-refractivity contribution in [1.29, 1.82) is 0 Å². The van der Waals surface area contributed by atoms with Gasteiger partial charge in [0.25, 0.3) is 5.91 Å². The molecule has 2 unspecified atom stereocenters. The first-order chi connectivity index (χ1) is 18.4. The maximum absolute atomic E-state index is 12.9. The Morgan fingerprint density at radius 3 is 2.13 bits per heavy atom. The van der Waals surface area contributed by atoms with Gasteiger partial charge in [0, 0.05) is 18.2 Å². The summed E-state index contributed by atoms with van der Waals surface area (Å²) in [5.74, 6) is -0.308. The predicted octanol–water partition coefficient (Wildman–Crippen LogP) is 5.12. The van der Waals surface area contributed by atoms with Crippen LogP contribution in [0, 0.1) is 0 Å². The summed E-state index contributed by atoms with van der Waals surface area (Å²) in [6.45, 7) is 1.91. The molecule has 1 saturated heterocycles. The van der Waals surface area contributed by atoms with E-state index in [-0.39, 0.29) is 35.1 Å². The normalized spacial score (nSPS) is 19.1. The third-order valence-electron chi connectivity index (χ3n) is 7.32. The lowest BCUT2D eigenvalue weighted by molar-refractivity contribution is -0.137. The van der Waals surface area contributed by atoms with Crippen LogP contribution in [0.2, 0.25) is 0 Å². The van der Waals surface area contributed by atoms with Gasteiger partial charge in [-0.15, -0.1) is 0 Å². The molecule has 3 atom stereocenters. The fourth-order valence-corrected chi connectivity index (χ4v) is 5.87. The van der Waals surface area contributed by atoms with Crippen molar-refractivity contribution in [3.05, 3.63) is 101 Å². The molecule has 3 aromatic carbocycles. The number of nitrogens with one attached hydrogen (secondary N) is 1. The third-order valence-corrected chi connectivity index (χ3v) is 9.08. The van der Waals surface area contributed by atoms with Crippen LogP contribution in [0.1, 0.15) is 64.0 Å². The van der Waals surface area contributed by atoms with Crippen LogP contribution < -0.4 is 5.32 Å². The molecule has 1 heterocycles. The molecule has 1 aliphatic rings. The van der Waals surface area contributed by atoms with Crippen LogP contribution >= 0.6 is 0 Å². The van der Waals surface area contributed by atoms with E-state index in [0.29, 0.717) is 17.7 Å². The van der Waals surface area contributed by atoms with E-state index in [1.807, 2.05) is 19.2 Å². The first-order valence-corrected chi connectivity index (χ1v) is 14.3. The number of amides is 1. The molecule has 3 aromatic rings. The summed E-state index contributed by atoms with van der Waals surface area (Å²) in [7, 11) is -1.38. The molecule has 1 fully saturated rings. The van der Waals surface area contributed by atoms with Crippen LogP contribution in [-0.2, 0) is 16.0 Å². The van der Waals surface area contributed by atoms with Crippen molar-refractivity contribution in [3.63, 3.8) is 0 Å². The molecule has 0 aromatic heterocycles. The minimum atomic E-state index is -4.36. The lowest BCUT2D eigenvalue weighted by Crippen LogP contribution is -2.30. The Morgan fingerprint density at radius 2 is 1.59 bits per heavy atom. The monoisotopic (exact) mass is 560 g/mol. The molecular formula is C29H31F3N2O4S. The van der Waals surface area contributed by atoms with Crippen molar-refractivity contribution in [2.24, 2.45) is 0 Å². The Morgan fingerprint density at radius 1 is 1.00 bits per heavy atom. The minimum absolute atomic E-state index is 0.0190. The van der Waals surface area contributed by atoms with Crippen molar-refractivity contribution >= 4 is 15.7 Å². The standard InChI is InChI=1S/C29H31F3N2O4S/c1-3-39(37,38)25-14-10-20(11-15-25)26(18-35)33-28(36)22-6-4-21(5-7-22)27-16-23(17-34(27)2)19-8-12-24(13-9-19)29(30,31)32/h4-15,23,26-27,35H,3,16-18H2,1-2H3,(H,33,36)/t23?,26-,27?/m0/s1. The summed E-state index contributed by atoms with van der Waals surface area (Å²) in [6, 6.07) is 17.9. The van der Waals surface area contributed by atoms with Gasteiger partial charge in [-0.05, 0) is 72.5 Å². The number of hydrogen-bond acceptors (Lipinski definition) is 5. The maximum atomic E-state index is 12.9. The molecule has 0 saturated carbocycles. The number of aliphatic hydroxyl groups is 1. The number of aliphatic hydroxyl groups excluding tert-OH is 1. The van der Waals surface area contributed by atoms with Crippen LogP contribution in [0.25, 0.3) is 0 Å². The van der Waals surface area contributed by atoms with Gasteiger partial charge < -0.3 is 10.4 Å². The Balaban J connectivity index is 1.41. The quantitative estimate of drug-likeness (QED) is 0.399. The molecule has 2 N–H and O–H groups in total. The predicted molar refractivity (Wildman–Crippen MR) is 142 cm³/mol. The number of carbonyl (C=O) groups excluding carboxylic acids is 1. The highest BCUT2D eigenvalue weighted by atomic mass is 32.2. The molecule has 4 rings (SSSR count). The van der Waals surface area contributed by atoms with E-state index in [2.05, 4.69) is 10.2 Å². The number of likely N-dealkylation sites (tertiary alicyclic amines) is 1. The van der Waals surface area contributed by atoms with Crippen molar-refractivity contribution in [2.75, 3.05) is 26.0 Å². The first-order valence-electron chi connectivity index (χ1n) is 12.6. The molecule has 208 valence electrons. The topological polar surface area (TPSA) is 86.7 Å². The zero-order valence-electron chi connectivity index (χ0n) is 21.6. The summed E-state index contributed by atoms with van der Waals surface area (Å²) >= 11 is 0. The van der Waals surface area contributed by atoms with E-state index in [9.17, 15) is 31.5 Å². The average molecular weight is 561 g/mol. The molecular weight excluding hydrogens is 529 g/mol. The maximum Gasteiger partial charge on any atom is 0.416 e. The number of sulfone groups is 1. The van der Waals surface area contributed by atoms with E-state index in [1.165, 1.54) is 12.1 Å². The summed E-state index contributed by atoms with van der Waals surface area (Å²) in [4.78, 5) is 15.2. The number of halogens is 3. The van der Waals surface area contributed by atoms with Crippen LogP contribution in [0.15, 0.2) is 77.7 Å². The highest BCUT2D eigenvalue weighted by Gasteiger charge is 2.33. The number of carbonyl (C=O) groups is 1. The largest absolute Gasteiger partial charge is 0.416 e. The van der Waals surface area contributed by atoms with Gasteiger partial charge in [-0.25, -0.2) is 8.42 Å². The van der Waals surface area contributed by atoms with Gasteiger partial charge in [0.05, 0.1) is 28.9 Å². The summed E-state index contributed by atoms with van der Waals surface area (Å²) in [5.41, 5.74) is 2.19. The van der Waals surface area contributed by atoms with Crippen molar-refractivity contribution < 1.29 is 31.5 Å². The Labute approximate surface area is 226 Å². The van der Waals surface area contributed by atoms with Crippen molar-refractivity contribution in [2.45, 2.75) is 42.4 Å². The second-order valence-corrected chi connectivity index (χ2v) is 12.1. The zero-order chi connectivity index (χ0) is 28.4. The highest BCUT2D eigenvalue weighted by molar-refractivity contribution is 7.91. The minimum Gasteiger partial charge on any atom is -0.394 e. The second-order valence-electron chi connectivity index (χ2n) is 9.81. The van der Waals surface area contributed by atoms with Crippen molar-refractivity contribution in [3.8, 4) is 0 Å². The van der Waals surface area contributed by atoms with E-state index >= 15 is 0 Å². The zero-order valence-corrected chi connectivity index (χ0v) is 22.5. The Kier molecular flexibility index (Phi) is 8.48. The number of benzene rings is 3. The Hall–Kier alpha value is -3.21. The van der Waals surface area contributed by atoms with Crippen molar-refractivity contribution in [1.82, 2.24) is 10.2 Å². The third kappa shape index (κ3) is 6.51. The average Bonchev–Trinajstić information content (AvgIpc) is 3.32. The molecule has 39 heavy (non-hydrogen) atoms. The van der Waals surface area contributed by atoms with E-state index in [4.69, 9.17) is 0 Å². The summed E-state index contributed by atoms with van der Waals surface area (Å²) < 4.78 is 62.8. The molecule has 0 bridgehead atoms. The number of likely N-dealkylation sites (N-methyl/N-ethyl adjacent to an activating group) is 1. The number of rotatable bonds is 8. The van der Waals surface area contributed by atoms with E-state index < -0.39 is 27.6 Å². The fraction of sp³-hybridized carbons (Fsp3) is 0.345. The van der Waals surface area contributed by atoms with Gasteiger partial charge in [0.1, 0.15) is 0 Å². The molecule has 6 nitrogen and oxygen atoms in total. The van der Waals surface area contributed by atoms with E-state index in [1.54, 1.807) is 43.3 Å². The molecule has 1 aliphatic heterocycles. The Bertz CT molecular complexity index is 1390. The van der Waals surface area contributed by atoms with Crippen LogP contribution in [0.3, 0.4) is 0 Å². The lowest BCUT2D eigenvalue weighted by Gasteiger charge is -2.20. The second kappa shape index (κ2) is 11.5.